The van der Waals surface area contributed by atoms with Crippen LogP contribution in [0.2, 0.25) is 0 Å². The number of hydrogen-bond acceptors (Lipinski definition) is 3. The van der Waals surface area contributed by atoms with Gasteiger partial charge in [0.2, 0.25) is 0 Å². The van der Waals surface area contributed by atoms with Gasteiger partial charge in [-0.15, -0.1) is 0 Å². The van der Waals surface area contributed by atoms with Crippen LogP contribution in [0.3, 0.4) is 0 Å². The van der Waals surface area contributed by atoms with Gasteiger partial charge in [0, 0.05) is 12.8 Å². The lowest BCUT2D eigenvalue weighted by atomic mass is 10.1. The van der Waals surface area contributed by atoms with Crippen LogP contribution in [-0.4, -0.2) is 30.3 Å². The molecule has 0 aliphatic heterocycles. The Morgan fingerprint density at radius 1 is 1.38 bits per heavy atom. The molecule has 1 aromatic rings. The molecule has 2 amide bonds. The van der Waals surface area contributed by atoms with E-state index in [1.807, 2.05) is 18.2 Å². The number of anilines is 1. The smallest absolute Gasteiger partial charge is 0.319 e. The molecule has 2 unspecified atom stereocenters. The number of carboxylic acids is 1. The number of ether oxygens (including phenoxy) is 1. The molecule has 2 atom stereocenters. The molecule has 0 radical (unpaired) electrons. The molecule has 0 heterocycles. The van der Waals surface area contributed by atoms with Crippen molar-refractivity contribution < 1.29 is 19.4 Å². The highest BCUT2D eigenvalue weighted by molar-refractivity contribution is 5.89. The minimum Gasteiger partial charge on any atom is -0.481 e. The Bertz CT molecular complexity index is 556. The van der Waals surface area contributed by atoms with Gasteiger partial charge in [0.25, 0.3) is 0 Å². The number of methoxy groups -OCH3 is 1. The Labute approximate surface area is 122 Å². The zero-order chi connectivity index (χ0) is 15.2. The second-order valence-electron chi connectivity index (χ2n) is 4.90. The van der Waals surface area contributed by atoms with Crippen molar-refractivity contribution in [3.63, 3.8) is 0 Å². The zero-order valence-corrected chi connectivity index (χ0v) is 11.7. The number of rotatable bonds is 5. The molecule has 1 aliphatic carbocycles. The molecule has 1 aromatic carbocycles. The Balaban J connectivity index is 1.86. The third-order valence-electron chi connectivity index (χ3n) is 3.21. The summed E-state index contributed by atoms with van der Waals surface area (Å²) in [6.07, 6.45) is 3.69. The highest BCUT2D eigenvalue weighted by Gasteiger charge is 2.25. The molecule has 0 bridgehead atoms. The van der Waals surface area contributed by atoms with Crippen LogP contribution < -0.4 is 10.6 Å². The van der Waals surface area contributed by atoms with Crippen molar-refractivity contribution in [3.8, 4) is 0 Å². The predicted molar refractivity (Wildman–Crippen MR) is 78.0 cm³/mol. The van der Waals surface area contributed by atoms with Gasteiger partial charge < -0.3 is 20.5 Å². The number of carbonyl (C=O) groups is 2. The molecule has 2 rings (SSSR count). The molecule has 6 nitrogen and oxygen atoms in total. The van der Waals surface area contributed by atoms with E-state index in [1.54, 1.807) is 25.3 Å². The molecule has 6 heteroatoms. The highest BCUT2D eigenvalue weighted by Crippen LogP contribution is 2.18. The summed E-state index contributed by atoms with van der Waals surface area (Å²) in [5.41, 5.74) is 1.63. The predicted octanol–water partition coefficient (Wildman–Crippen LogP) is 1.98. The number of hydrogen-bond donors (Lipinski definition) is 3. The molecule has 1 aliphatic rings. The zero-order valence-electron chi connectivity index (χ0n) is 11.7. The third-order valence-corrected chi connectivity index (χ3v) is 3.21. The summed E-state index contributed by atoms with van der Waals surface area (Å²) in [6.45, 7) is 0.475. The van der Waals surface area contributed by atoms with Crippen molar-refractivity contribution in [3.05, 3.63) is 42.0 Å². The van der Waals surface area contributed by atoms with E-state index < -0.39 is 11.9 Å². The minimum atomic E-state index is -0.872. The van der Waals surface area contributed by atoms with Crippen molar-refractivity contribution in [2.24, 2.45) is 5.92 Å². The lowest BCUT2D eigenvalue weighted by Gasteiger charge is -2.13. The van der Waals surface area contributed by atoms with Crippen LogP contribution in [-0.2, 0) is 16.1 Å². The molecule has 0 saturated heterocycles. The van der Waals surface area contributed by atoms with Crippen molar-refractivity contribution in [2.75, 3.05) is 12.4 Å². The number of benzene rings is 1. The maximum atomic E-state index is 11.9. The van der Waals surface area contributed by atoms with Crippen LogP contribution in [0.5, 0.6) is 0 Å². The van der Waals surface area contributed by atoms with E-state index in [0.717, 1.165) is 5.56 Å². The number of carboxylic acid groups (broad SMARTS) is 1. The topological polar surface area (TPSA) is 87.7 Å². The number of amides is 2. The maximum absolute atomic E-state index is 11.9. The van der Waals surface area contributed by atoms with Crippen LogP contribution in [0.1, 0.15) is 12.0 Å². The highest BCUT2D eigenvalue weighted by atomic mass is 16.5. The van der Waals surface area contributed by atoms with Crippen LogP contribution in [0.15, 0.2) is 36.4 Å². The van der Waals surface area contributed by atoms with Crippen molar-refractivity contribution in [1.29, 1.82) is 0 Å². The van der Waals surface area contributed by atoms with E-state index in [-0.39, 0.29) is 12.1 Å². The van der Waals surface area contributed by atoms with Gasteiger partial charge >= 0.3 is 12.0 Å². The fourth-order valence-corrected chi connectivity index (χ4v) is 2.23. The van der Waals surface area contributed by atoms with Gasteiger partial charge in [-0.2, -0.15) is 0 Å². The Hall–Kier alpha value is -2.34. The third kappa shape index (κ3) is 4.32. The van der Waals surface area contributed by atoms with Gasteiger partial charge in [-0.3, -0.25) is 4.79 Å². The van der Waals surface area contributed by atoms with E-state index in [1.165, 1.54) is 0 Å². The van der Waals surface area contributed by atoms with Crippen LogP contribution in [0, 0.1) is 5.92 Å². The Morgan fingerprint density at radius 3 is 2.86 bits per heavy atom. The minimum absolute atomic E-state index is 0.256. The first-order chi connectivity index (χ1) is 10.1. The monoisotopic (exact) mass is 290 g/mol. The van der Waals surface area contributed by atoms with E-state index in [0.29, 0.717) is 18.7 Å². The molecule has 3 N–H and O–H groups in total. The van der Waals surface area contributed by atoms with Gasteiger partial charge in [-0.05, 0) is 24.1 Å². The Morgan fingerprint density at radius 2 is 2.19 bits per heavy atom. The van der Waals surface area contributed by atoms with Gasteiger partial charge in [-0.1, -0.05) is 24.3 Å². The van der Waals surface area contributed by atoms with E-state index >= 15 is 0 Å². The standard InChI is InChI=1S/C15H18N2O4/c1-21-9-10-3-2-4-12(7-10)16-15(20)17-13-6-5-11(8-13)14(18)19/h2-7,11,13H,8-9H2,1H3,(H,18,19)(H2,16,17,20). The summed E-state index contributed by atoms with van der Waals surface area (Å²) < 4.78 is 5.04. The normalized spacial score (nSPS) is 20.2. The maximum Gasteiger partial charge on any atom is 0.319 e. The molecule has 0 saturated carbocycles. The van der Waals surface area contributed by atoms with Crippen LogP contribution in [0.25, 0.3) is 0 Å². The van der Waals surface area contributed by atoms with E-state index in [9.17, 15) is 9.59 Å². The first kappa shape index (κ1) is 15.1. The second kappa shape index (κ2) is 6.90. The average Bonchev–Trinajstić information content (AvgIpc) is 2.88. The van der Waals surface area contributed by atoms with Crippen LogP contribution in [0.4, 0.5) is 10.5 Å². The van der Waals surface area contributed by atoms with Gasteiger partial charge in [0.1, 0.15) is 0 Å². The molecule has 0 fully saturated rings. The summed E-state index contributed by atoms with van der Waals surface area (Å²) in [5.74, 6) is -1.40. The number of aliphatic carboxylic acids is 1. The van der Waals surface area contributed by atoms with Crippen LogP contribution >= 0.6 is 0 Å². The van der Waals surface area contributed by atoms with E-state index in [4.69, 9.17) is 9.84 Å². The van der Waals surface area contributed by atoms with Crippen molar-refractivity contribution in [2.45, 2.75) is 19.1 Å². The number of urea groups is 1. The number of nitrogens with one attached hydrogen (secondary N) is 2. The van der Waals surface area contributed by atoms with E-state index in [2.05, 4.69) is 10.6 Å². The molecule has 112 valence electrons. The SMILES string of the molecule is COCc1cccc(NC(=O)NC2C=CC(C(=O)O)C2)c1. The lowest BCUT2D eigenvalue weighted by Crippen LogP contribution is -2.36. The van der Waals surface area contributed by atoms with Gasteiger partial charge in [0.05, 0.1) is 18.6 Å². The first-order valence-electron chi connectivity index (χ1n) is 6.65. The first-order valence-corrected chi connectivity index (χ1v) is 6.65. The summed E-state index contributed by atoms with van der Waals surface area (Å²) in [4.78, 5) is 22.7. The average molecular weight is 290 g/mol. The molecule has 0 aromatic heterocycles. The molecule has 0 spiro atoms. The van der Waals surface area contributed by atoms with Crippen molar-refractivity contribution >= 4 is 17.7 Å². The largest absolute Gasteiger partial charge is 0.481 e. The number of carbonyl (C=O) groups excluding carboxylic acids is 1. The molecular weight excluding hydrogens is 272 g/mol. The summed E-state index contributed by atoms with van der Waals surface area (Å²) in [6, 6.07) is 6.74. The summed E-state index contributed by atoms with van der Waals surface area (Å²) in [5, 5.41) is 14.3. The lowest BCUT2D eigenvalue weighted by molar-refractivity contribution is -0.140. The quantitative estimate of drug-likeness (QED) is 0.724. The van der Waals surface area contributed by atoms with Gasteiger partial charge in [0.15, 0.2) is 0 Å². The fraction of sp³-hybridized carbons (Fsp3) is 0.333. The summed E-state index contributed by atoms with van der Waals surface area (Å²) in [7, 11) is 1.61. The second-order valence-corrected chi connectivity index (χ2v) is 4.90. The molecule has 21 heavy (non-hydrogen) atoms. The summed E-state index contributed by atoms with van der Waals surface area (Å²) >= 11 is 0. The fourth-order valence-electron chi connectivity index (χ4n) is 2.23. The van der Waals surface area contributed by atoms with Gasteiger partial charge in [-0.25, -0.2) is 4.79 Å². The Kier molecular flexibility index (Phi) is 4.94. The van der Waals surface area contributed by atoms with Crippen molar-refractivity contribution in [1.82, 2.24) is 5.32 Å². The molecular formula is C15H18N2O4.